The van der Waals surface area contributed by atoms with Crippen molar-refractivity contribution in [1.82, 2.24) is 9.97 Å². The van der Waals surface area contributed by atoms with Crippen molar-refractivity contribution >= 4 is 48.8 Å². The molecule has 0 radical (unpaired) electrons. The van der Waals surface area contributed by atoms with Crippen LogP contribution in [0.15, 0.2) is 60.2 Å². The Morgan fingerprint density at radius 3 is 2.31 bits per heavy atom. The first-order chi connectivity index (χ1) is 14.1. The maximum Gasteiger partial charge on any atom is 0.119 e. The van der Waals surface area contributed by atoms with E-state index in [1.54, 1.807) is 22.7 Å². The van der Waals surface area contributed by atoms with E-state index in [4.69, 9.17) is 10.4 Å². The highest BCUT2D eigenvalue weighted by molar-refractivity contribution is 7.19. The molecule has 4 aromatic rings. The fourth-order valence-electron chi connectivity index (χ4n) is 4.06. The molecule has 1 aliphatic rings. The minimum atomic E-state index is -0.397. The van der Waals surface area contributed by atoms with Crippen LogP contribution in [0.4, 0.5) is 0 Å². The third kappa shape index (κ3) is 3.17. The fraction of sp³-hybridized carbons (Fsp3) is 0.217. The molecule has 0 fully saturated rings. The summed E-state index contributed by atoms with van der Waals surface area (Å²) in [6, 6.07) is 18.5. The van der Waals surface area contributed by atoms with E-state index in [1.807, 2.05) is 48.5 Å². The smallest absolute Gasteiger partial charge is 0.119 e. The normalized spacial score (nSPS) is 20.6. The molecular weight excluding hydrogens is 396 g/mol. The van der Waals surface area contributed by atoms with E-state index in [1.165, 1.54) is 0 Å². The second kappa shape index (κ2) is 7.18. The lowest BCUT2D eigenvalue weighted by Gasteiger charge is -2.29. The van der Waals surface area contributed by atoms with Gasteiger partial charge in [-0.3, -0.25) is 0 Å². The van der Waals surface area contributed by atoms with Gasteiger partial charge in [-0.2, -0.15) is 5.26 Å². The summed E-state index contributed by atoms with van der Waals surface area (Å²) in [6.45, 7) is 2.16. The van der Waals surface area contributed by atoms with Crippen LogP contribution in [0.1, 0.15) is 35.2 Å². The van der Waals surface area contributed by atoms with Crippen LogP contribution in [-0.2, 0) is 0 Å². The van der Waals surface area contributed by atoms with Gasteiger partial charge >= 0.3 is 0 Å². The molecule has 0 saturated heterocycles. The van der Waals surface area contributed by atoms with Crippen LogP contribution < -0.4 is 0 Å². The summed E-state index contributed by atoms with van der Waals surface area (Å²) in [5, 5.41) is 20.4. The lowest BCUT2D eigenvalue weighted by molar-refractivity contribution is 0.517. The molecular formula is C23H18N4S2. The maximum absolute atomic E-state index is 9.90. The summed E-state index contributed by atoms with van der Waals surface area (Å²) >= 11 is 3.24. The first-order valence-electron chi connectivity index (χ1n) is 9.53. The first kappa shape index (κ1) is 18.2. The van der Waals surface area contributed by atoms with Crippen molar-refractivity contribution in [2.75, 3.05) is 0 Å². The van der Waals surface area contributed by atoms with Crippen LogP contribution >= 0.6 is 22.7 Å². The van der Waals surface area contributed by atoms with E-state index < -0.39 is 5.92 Å². The van der Waals surface area contributed by atoms with Crippen LogP contribution in [0.25, 0.3) is 20.4 Å². The van der Waals surface area contributed by atoms with Gasteiger partial charge in [-0.05, 0) is 48.3 Å². The van der Waals surface area contributed by atoms with E-state index in [-0.39, 0.29) is 11.8 Å². The minimum absolute atomic E-state index is 0.0224. The van der Waals surface area contributed by atoms with Gasteiger partial charge in [0.1, 0.15) is 15.9 Å². The highest BCUT2D eigenvalue weighted by Crippen LogP contribution is 2.43. The molecule has 3 atom stereocenters. The molecule has 0 bridgehead atoms. The quantitative estimate of drug-likeness (QED) is 0.428. The number of nitriles is 1. The zero-order chi connectivity index (χ0) is 20.0. The van der Waals surface area contributed by atoms with Crippen LogP contribution in [0.3, 0.4) is 0 Å². The number of fused-ring (bicyclic) bond motifs is 2. The Bertz CT molecular complexity index is 1240. The average molecular weight is 415 g/mol. The Kier molecular flexibility index (Phi) is 4.50. The van der Waals surface area contributed by atoms with E-state index in [2.05, 4.69) is 24.0 Å². The van der Waals surface area contributed by atoms with E-state index in [9.17, 15) is 5.26 Å². The predicted molar refractivity (Wildman–Crippen MR) is 120 cm³/mol. The minimum Gasteiger partial charge on any atom is -0.305 e. The van der Waals surface area contributed by atoms with Crippen LogP contribution in [-0.4, -0.2) is 15.7 Å². The molecule has 2 heterocycles. The summed E-state index contributed by atoms with van der Waals surface area (Å²) < 4.78 is 2.25. The summed E-state index contributed by atoms with van der Waals surface area (Å²) in [5.41, 5.74) is 3.45. The van der Waals surface area contributed by atoms with Crippen LogP contribution in [0.2, 0.25) is 0 Å². The molecule has 4 nitrogen and oxygen atoms in total. The number of aromatic nitrogens is 2. The molecule has 1 N–H and O–H groups in total. The molecule has 29 heavy (non-hydrogen) atoms. The third-order valence-electron chi connectivity index (χ3n) is 5.44. The van der Waals surface area contributed by atoms with Gasteiger partial charge in [-0.1, -0.05) is 31.2 Å². The van der Waals surface area contributed by atoms with Crippen molar-refractivity contribution in [3.8, 4) is 6.07 Å². The van der Waals surface area contributed by atoms with Gasteiger partial charge in [0.25, 0.3) is 0 Å². The molecule has 0 spiro atoms. The molecule has 6 heteroatoms. The Hall–Kier alpha value is -2.88. The molecule has 3 unspecified atom stereocenters. The van der Waals surface area contributed by atoms with Gasteiger partial charge in [0.05, 0.1) is 32.4 Å². The molecule has 2 aromatic carbocycles. The summed E-state index contributed by atoms with van der Waals surface area (Å²) in [4.78, 5) is 9.48. The highest BCUT2D eigenvalue weighted by atomic mass is 32.1. The zero-order valence-corrected chi connectivity index (χ0v) is 17.4. The number of benzene rings is 2. The van der Waals surface area contributed by atoms with Crippen molar-refractivity contribution in [2.45, 2.75) is 25.2 Å². The van der Waals surface area contributed by atoms with Crippen molar-refractivity contribution in [3.63, 3.8) is 0 Å². The van der Waals surface area contributed by atoms with Gasteiger partial charge in [-0.25, -0.2) is 9.97 Å². The summed E-state index contributed by atoms with van der Waals surface area (Å²) in [7, 11) is 0. The highest BCUT2D eigenvalue weighted by Gasteiger charge is 2.34. The van der Waals surface area contributed by atoms with Gasteiger partial charge in [0.2, 0.25) is 0 Å². The fourth-order valence-corrected chi connectivity index (χ4v) is 6.33. The maximum atomic E-state index is 9.90. The van der Waals surface area contributed by atoms with Crippen molar-refractivity contribution in [2.24, 2.45) is 5.92 Å². The Labute approximate surface area is 176 Å². The number of hydrogen-bond donors (Lipinski definition) is 1. The Morgan fingerprint density at radius 1 is 1.03 bits per heavy atom. The number of para-hydroxylation sites is 2. The third-order valence-corrected chi connectivity index (χ3v) is 7.66. The van der Waals surface area contributed by atoms with Gasteiger partial charge < -0.3 is 5.41 Å². The topological polar surface area (TPSA) is 73.4 Å². The average Bonchev–Trinajstić information content (AvgIpc) is 3.31. The Morgan fingerprint density at radius 2 is 1.69 bits per heavy atom. The lowest BCUT2D eigenvalue weighted by atomic mass is 9.76. The van der Waals surface area contributed by atoms with Gasteiger partial charge in [0, 0.05) is 5.71 Å². The molecule has 2 aromatic heterocycles. The second-order valence-corrected chi connectivity index (χ2v) is 9.56. The van der Waals surface area contributed by atoms with Gasteiger partial charge in [-0.15, -0.1) is 22.7 Å². The number of rotatable bonds is 3. The number of allylic oxidation sites excluding steroid dienone is 2. The summed E-state index contributed by atoms with van der Waals surface area (Å²) in [5.74, 6) is -0.203. The largest absolute Gasteiger partial charge is 0.305 e. The molecule has 1 aliphatic carbocycles. The van der Waals surface area contributed by atoms with E-state index >= 15 is 0 Å². The van der Waals surface area contributed by atoms with Gasteiger partial charge in [0.15, 0.2) is 0 Å². The molecule has 5 rings (SSSR count). The van der Waals surface area contributed by atoms with E-state index in [0.717, 1.165) is 42.4 Å². The molecule has 0 aliphatic heterocycles. The van der Waals surface area contributed by atoms with Crippen molar-refractivity contribution in [1.29, 1.82) is 10.7 Å². The van der Waals surface area contributed by atoms with Crippen LogP contribution in [0, 0.1) is 22.7 Å². The molecule has 0 saturated carbocycles. The van der Waals surface area contributed by atoms with Crippen molar-refractivity contribution < 1.29 is 0 Å². The summed E-state index contributed by atoms with van der Waals surface area (Å²) in [6.07, 6.45) is 2.67. The number of nitrogens with one attached hydrogen (secondary N) is 1. The number of nitrogens with zero attached hydrogens (tertiary/aromatic N) is 3. The standard InChI is InChI=1S/C23H18N4S2/c1-13-10-14(15(12-24)22-26-17-6-2-4-8-19(17)28-22)11-16(25)21(13)23-27-18-7-3-5-9-20(18)29-23/h2-9,11,13,15,21,25H,10H2,1H3. The number of hydrogen-bond acceptors (Lipinski definition) is 6. The molecule has 142 valence electrons. The second-order valence-electron chi connectivity index (χ2n) is 7.44. The van der Waals surface area contributed by atoms with Crippen LogP contribution in [0.5, 0.6) is 0 Å². The SMILES string of the molecule is CC1CC(C(C#N)c2nc3ccccc3s2)=CC(=N)C1c1nc2ccccc2s1. The zero-order valence-electron chi connectivity index (χ0n) is 15.8. The monoisotopic (exact) mass is 414 g/mol. The predicted octanol–water partition coefficient (Wildman–Crippen LogP) is 6.28. The lowest BCUT2D eigenvalue weighted by Crippen LogP contribution is -2.24. The molecule has 0 amide bonds. The van der Waals surface area contributed by atoms with E-state index in [0.29, 0.717) is 5.71 Å². The van der Waals surface area contributed by atoms with Crippen molar-refractivity contribution in [3.05, 3.63) is 70.2 Å². The number of thiazole rings is 2. The Balaban J connectivity index is 1.49. The first-order valence-corrected chi connectivity index (χ1v) is 11.2.